The minimum atomic E-state index is -1.26. The van der Waals surface area contributed by atoms with Crippen LogP contribution in [-0.2, 0) is 36.8 Å². The summed E-state index contributed by atoms with van der Waals surface area (Å²) in [5, 5.41) is 18.7. The van der Waals surface area contributed by atoms with E-state index in [0.29, 0.717) is 32.5 Å². The average molecular weight is 627 g/mol. The third-order valence-corrected chi connectivity index (χ3v) is 10.0. The minimum absolute atomic E-state index is 0.00983. The van der Waals surface area contributed by atoms with E-state index in [-0.39, 0.29) is 30.4 Å². The van der Waals surface area contributed by atoms with E-state index < -0.39 is 29.8 Å². The first-order valence-electron chi connectivity index (χ1n) is 16.9. The SMILES string of the molecule is CO[C@H]1CCN(C(=O)[C@@H]2CCCC[C@H]2C(=O)N[C@@H](CNC(=O)[C@@H]2CCCN(CCCc3ccc4c(n3)NCCC4)C2)C(=O)O)C1. The van der Waals surface area contributed by atoms with Gasteiger partial charge in [0.1, 0.15) is 11.9 Å². The first-order chi connectivity index (χ1) is 21.8. The number of aliphatic carboxylic acids is 1. The number of carbonyl (C=O) groups is 4. The Balaban J connectivity index is 1.07. The molecule has 1 aromatic heterocycles. The normalized spacial score (nSPS) is 25.9. The van der Waals surface area contributed by atoms with E-state index in [9.17, 15) is 24.3 Å². The zero-order chi connectivity index (χ0) is 31.8. The Morgan fingerprint density at radius 2 is 1.84 bits per heavy atom. The fraction of sp³-hybridized carbons (Fsp3) is 0.727. The van der Waals surface area contributed by atoms with Gasteiger partial charge in [0.15, 0.2) is 0 Å². The highest BCUT2D eigenvalue weighted by Crippen LogP contribution is 2.33. The van der Waals surface area contributed by atoms with Crippen molar-refractivity contribution in [2.75, 3.05) is 58.2 Å². The van der Waals surface area contributed by atoms with Crippen LogP contribution in [0.2, 0.25) is 0 Å². The lowest BCUT2D eigenvalue weighted by Crippen LogP contribution is -2.53. The molecule has 45 heavy (non-hydrogen) atoms. The number of carbonyl (C=O) groups excluding carboxylic acids is 3. The molecule has 248 valence electrons. The number of hydrogen-bond donors (Lipinski definition) is 4. The number of pyridine rings is 1. The van der Waals surface area contributed by atoms with Crippen molar-refractivity contribution in [1.29, 1.82) is 0 Å². The second-order valence-electron chi connectivity index (χ2n) is 13.2. The van der Waals surface area contributed by atoms with Gasteiger partial charge in [-0.05, 0) is 82.5 Å². The maximum atomic E-state index is 13.3. The zero-order valence-electron chi connectivity index (χ0n) is 26.6. The monoisotopic (exact) mass is 626 g/mol. The molecule has 1 aliphatic carbocycles. The first-order valence-corrected chi connectivity index (χ1v) is 16.9. The van der Waals surface area contributed by atoms with Gasteiger partial charge in [0.2, 0.25) is 17.7 Å². The summed E-state index contributed by atoms with van der Waals surface area (Å²) in [6, 6.07) is 3.03. The number of nitrogens with one attached hydrogen (secondary N) is 3. The number of fused-ring (bicyclic) bond motifs is 1. The van der Waals surface area contributed by atoms with Crippen LogP contribution in [0.1, 0.15) is 69.0 Å². The molecule has 5 rings (SSSR count). The van der Waals surface area contributed by atoms with E-state index in [1.54, 1.807) is 12.0 Å². The number of aromatic nitrogens is 1. The Morgan fingerprint density at radius 1 is 1.02 bits per heavy atom. The van der Waals surface area contributed by atoms with Crippen LogP contribution < -0.4 is 16.0 Å². The van der Waals surface area contributed by atoms with Gasteiger partial charge in [0, 0.05) is 57.4 Å². The number of nitrogens with zero attached hydrogens (tertiary/aromatic N) is 3. The number of likely N-dealkylation sites (tertiary alicyclic amines) is 2. The smallest absolute Gasteiger partial charge is 0.328 e. The van der Waals surface area contributed by atoms with Gasteiger partial charge >= 0.3 is 5.97 Å². The number of amides is 3. The van der Waals surface area contributed by atoms with Crippen molar-refractivity contribution in [3.05, 3.63) is 23.4 Å². The molecular weight excluding hydrogens is 576 g/mol. The molecule has 0 bridgehead atoms. The molecule has 0 spiro atoms. The van der Waals surface area contributed by atoms with Crippen molar-refractivity contribution >= 4 is 29.5 Å². The summed E-state index contributed by atoms with van der Waals surface area (Å²) in [5.41, 5.74) is 2.36. The van der Waals surface area contributed by atoms with Crippen LogP contribution in [0.3, 0.4) is 0 Å². The molecule has 5 atom stereocenters. The fourth-order valence-electron chi connectivity index (χ4n) is 7.39. The molecule has 1 saturated carbocycles. The summed E-state index contributed by atoms with van der Waals surface area (Å²) in [6.45, 7) is 4.33. The fourth-order valence-corrected chi connectivity index (χ4v) is 7.39. The molecule has 4 heterocycles. The van der Waals surface area contributed by atoms with Crippen LogP contribution in [-0.4, -0.2) is 109 Å². The van der Waals surface area contributed by atoms with Crippen LogP contribution in [0.15, 0.2) is 12.1 Å². The van der Waals surface area contributed by atoms with E-state index in [1.807, 2.05) is 0 Å². The number of ether oxygens (including phenoxy) is 1. The number of anilines is 1. The first kappa shape index (κ1) is 33.1. The Hall–Kier alpha value is -3.25. The third kappa shape index (κ3) is 8.72. The maximum Gasteiger partial charge on any atom is 0.328 e. The highest BCUT2D eigenvalue weighted by Gasteiger charge is 2.40. The highest BCUT2D eigenvalue weighted by atomic mass is 16.5. The summed E-state index contributed by atoms with van der Waals surface area (Å²) in [4.78, 5) is 60.7. The quantitative estimate of drug-likeness (QED) is 0.272. The molecule has 12 nitrogen and oxygen atoms in total. The summed E-state index contributed by atoms with van der Waals surface area (Å²) in [5.74, 6) is -2.13. The van der Waals surface area contributed by atoms with Gasteiger partial charge in [0.25, 0.3) is 0 Å². The molecule has 3 amide bonds. The van der Waals surface area contributed by atoms with Gasteiger partial charge in [-0.3, -0.25) is 14.4 Å². The average Bonchev–Trinajstić information content (AvgIpc) is 3.55. The second-order valence-corrected chi connectivity index (χ2v) is 13.2. The molecule has 1 aromatic rings. The molecule has 0 unspecified atom stereocenters. The number of carboxylic acid groups (broad SMARTS) is 1. The molecule has 4 aliphatic rings. The second kappa shape index (κ2) is 15.8. The van der Waals surface area contributed by atoms with Crippen molar-refractivity contribution in [2.24, 2.45) is 17.8 Å². The Labute approximate surface area is 266 Å². The highest BCUT2D eigenvalue weighted by molar-refractivity contribution is 5.90. The topological polar surface area (TPSA) is 153 Å². The molecule has 3 fully saturated rings. The summed E-state index contributed by atoms with van der Waals surface area (Å²) >= 11 is 0. The molecule has 4 N–H and O–H groups in total. The number of piperidine rings is 1. The van der Waals surface area contributed by atoms with Crippen molar-refractivity contribution in [3.8, 4) is 0 Å². The van der Waals surface area contributed by atoms with Crippen molar-refractivity contribution in [2.45, 2.75) is 82.8 Å². The Kier molecular flexibility index (Phi) is 11.7. The molecular formula is C33H50N6O6. The Bertz CT molecular complexity index is 1210. The Morgan fingerprint density at radius 3 is 2.62 bits per heavy atom. The lowest BCUT2D eigenvalue weighted by atomic mass is 9.77. The van der Waals surface area contributed by atoms with Crippen molar-refractivity contribution in [3.63, 3.8) is 0 Å². The molecule has 0 radical (unpaired) electrons. The van der Waals surface area contributed by atoms with Crippen LogP contribution in [0.25, 0.3) is 0 Å². The lowest BCUT2D eigenvalue weighted by molar-refractivity contribution is -0.146. The molecule has 12 heteroatoms. The summed E-state index contributed by atoms with van der Waals surface area (Å²) in [7, 11) is 1.64. The third-order valence-electron chi connectivity index (χ3n) is 10.0. The number of carboxylic acids is 1. The number of methoxy groups -OCH3 is 1. The minimum Gasteiger partial charge on any atom is -0.480 e. The van der Waals surface area contributed by atoms with Gasteiger partial charge < -0.3 is 35.6 Å². The van der Waals surface area contributed by atoms with E-state index in [0.717, 1.165) is 88.9 Å². The molecule has 0 aromatic carbocycles. The predicted octanol–water partition coefficient (Wildman–Crippen LogP) is 1.82. The molecule has 3 aliphatic heterocycles. The van der Waals surface area contributed by atoms with Gasteiger partial charge in [-0.1, -0.05) is 18.9 Å². The van der Waals surface area contributed by atoms with E-state index in [4.69, 9.17) is 9.72 Å². The number of aryl methyl sites for hydroxylation is 2. The van der Waals surface area contributed by atoms with Gasteiger partial charge in [-0.2, -0.15) is 0 Å². The summed E-state index contributed by atoms with van der Waals surface area (Å²) in [6.07, 6.45) is 9.30. The van der Waals surface area contributed by atoms with Crippen LogP contribution in [0.5, 0.6) is 0 Å². The van der Waals surface area contributed by atoms with E-state index in [1.165, 1.54) is 5.56 Å². The maximum absolute atomic E-state index is 13.3. The predicted molar refractivity (Wildman–Crippen MR) is 169 cm³/mol. The zero-order valence-corrected chi connectivity index (χ0v) is 26.6. The van der Waals surface area contributed by atoms with E-state index >= 15 is 0 Å². The van der Waals surface area contributed by atoms with Crippen LogP contribution >= 0.6 is 0 Å². The standard InChI is InChI=1S/C33H50N6O6/c1-45-25-14-18-39(21-25)32(42)27-11-3-2-10-26(27)31(41)37-28(33(43)44)19-35-30(40)23-8-5-16-38(20-23)17-6-9-24-13-12-22-7-4-15-34-29(22)36-24/h12-13,23,25-28H,2-11,14-21H2,1H3,(H,34,36)(H,35,40)(H,37,41)(H,43,44)/t23-,25+,26-,27-,28+/m1/s1. The van der Waals surface area contributed by atoms with E-state index in [2.05, 4.69) is 33.0 Å². The summed E-state index contributed by atoms with van der Waals surface area (Å²) < 4.78 is 5.40. The van der Waals surface area contributed by atoms with Crippen LogP contribution in [0, 0.1) is 17.8 Å². The van der Waals surface area contributed by atoms with Crippen LogP contribution in [0.4, 0.5) is 5.82 Å². The number of hydrogen-bond acceptors (Lipinski definition) is 8. The largest absolute Gasteiger partial charge is 0.480 e. The van der Waals surface area contributed by atoms with Gasteiger partial charge in [-0.25, -0.2) is 9.78 Å². The van der Waals surface area contributed by atoms with Gasteiger partial charge in [0.05, 0.1) is 12.0 Å². The lowest BCUT2D eigenvalue weighted by Gasteiger charge is -2.33. The molecule has 2 saturated heterocycles. The van der Waals surface area contributed by atoms with Crippen molar-refractivity contribution in [1.82, 2.24) is 25.4 Å². The van der Waals surface area contributed by atoms with Gasteiger partial charge in [-0.15, -0.1) is 0 Å². The van der Waals surface area contributed by atoms with Crippen molar-refractivity contribution < 1.29 is 29.0 Å². The number of rotatable bonds is 12.